The molecule has 5 aromatic rings. The summed E-state index contributed by atoms with van der Waals surface area (Å²) < 4.78 is 7.59. The normalized spacial score (nSPS) is 11.2. The number of aromatic nitrogens is 4. The van der Waals surface area contributed by atoms with Gasteiger partial charge >= 0.3 is 0 Å². The van der Waals surface area contributed by atoms with Crippen LogP contribution in [0.15, 0.2) is 84.1 Å². The zero-order chi connectivity index (χ0) is 27.4. The van der Waals surface area contributed by atoms with E-state index in [0.717, 1.165) is 27.9 Å². The zero-order valence-electron chi connectivity index (χ0n) is 22.0. The molecule has 0 aliphatic heterocycles. The van der Waals surface area contributed by atoms with Gasteiger partial charge in [-0.25, -0.2) is 0 Å². The first kappa shape index (κ1) is 26.2. The Morgan fingerprint density at radius 3 is 2.46 bits per heavy atom. The van der Waals surface area contributed by atoms with Gasteiger partial charge in [0, 0.05) is 45.5 Å². The van der Waals surface area contributed by atoms with Crippen LogP contribution < -0.4 is 10.1 Å². The number of hydrogen-bond donors (Lipinski definition) is 2. The Morgan fingerprint density at radius 1 is 1.00 bits per heavy atom. The van der Waals surface area contributed by atoms with Crippen LogP contribution in [0.4, 0.5) is 5.69 Å². The smallest absolute Gasteiger partial charge is 0.226 e. The minimum atomic E-state index is -0.121. The van der Waals surface area contributed by atoms with Crippen molar-refractivity contribution in [3.63, 3.8) is 0 Å². The van der Waals surface area contributed by atoms with Crippen molar-refractivity contribution in [1.29, 1.82) is 0 Å². The Kier molecular flexibility index (Phi) is 7.79. The first-order valence-corrected chi connectivity index (χ1v) is 13.7. The number of carbonyl (C=O) groups is 2. The number of anilines is 1. The van der Waals surface area contributed by atoms with Crippen LogP contribution in [0.1, 0.15) is 31.1 Å². The van der Waals surface area contributed by atoms with Crippen LogP contribution in [0.3, 0.4) is 0 Å². The van der Waals surface area contributed by atoms with Crippen LogP contribution in [-0.4, -0.2) is 43.8 Å². The number of amides is 1. The highest BCUT2D eigenvalue weighted by Gasteiger charge is 2.20. The van der Waals surface area contributed by atoms with Crippen LogP contribution in [0.5, 0.6) is 5.75 Å². The predicted octanol–water partition coefficient (Wildman–Crippen LogP) is 6.38. The van der Waals surface area contributed by atoms with E-state index >= 15 is 0 Å². The number of para-hydroxylation sites is 1. The van der Waals surface area contributed by atoms with Crippen LogP contribution in [0.25, 0.3) is 28.0 Å². The summed E-state index contributed by atoms with van der Waals surface area (Å²) >= 11 is 1.33. The molecule has 0 spiro atoms. The summed E-state index contributed by atoms with van der Waals surface area (Å²) in [4.78, 5) is 28.3. The number of H-pyrrole nitrogens is 1. The summed E-state index contributed by atoms with van der Waals surface area (Å²) in [6.07, 6.45) is 1.93. The highest BCUT2D eigenvalue weighted by atomic mass is 32.2. The molecule has 2 aromatic heterocycles. The number of Topliss-reactive ketones (excluding diaryl/α,β-unsaturated/α-hetero) is 1. The number of nitrogens with one attached hydrogen (secondary N) is 2. The molecule has 0 radical (unpaired) electrons. The lowest BCUT2D eigenvalue weighted by atomic mass is 10.1. The molecule has 1 amide bonds. The number of ketones is 1. The summed E-state index contributed by atoms with van der Waals surface area (Å²) in [5, 5.41) is 13.5. The molecule has 9 heteroatoms. The maximum absolute atomic E-state index is 13.0. The van der Waals surface area contributed by atoms with Crippen LogP contribution in [0, 0.1) is 5.92 Å². The average molecular weight is 540 g/mol. The van der Waals surface area contributed by atoms with Gasteiger partial charge < -0.3 is 15.0 Å². The van der Waals surface area contributed by atoms with E-state index in [1.807, 2.05) is 80.1 Å². The number of fused-ring (bicyclic) bond motifs is 1. The molecule has 0 fully saturated rings. The lowest BCUT2D eigenvalue weighted by molar-refractivity contribution is -0.118. The number of benzene rings is 3. The van der Waals surface area contributed by atoms with E-state index in [0.29, 0.717) is 28.8 Å². The van der Waals surface area contributed by atoms with E-state index in [1.54, 1.807) is 24.3 Å². The van der Waals surface area contributed by atoms with Gasteiger partial charge in [0.25, 0.3) is 0 Å². The Bertz CT molecular complexity index is 1600. The monoisotopic (exact) mass is 539 g/mol. The van der Waals surface area contributed by atoms with Gasteiger partial charge in [-0.2, -0.15) is 0 Å². The second kappa shape index (κ2) is 11.6. The minimum Gasteiger partial charge on any atom is -0.494 e. The summed E-state index contributed by atoms with van der Waals surface area (Å²) in [5.41, 5.74) is 4.02. The zero-order valence-corrected chi connectivity index (χ0v) is 22.8. The lowest BCUT2D eigenvalue weighted by Crippen LogP contribution is -2.17. The van der Waals surface area contributed by atoms with Crippen molar-refractivity contribution in [2.45, 2.75) is 25.9 Å². The molecule has 0 saturated carbocycles. The van der Waals surface area contributed by atoms with E-state index in [9.17, 15) is 9.59 Å². The van der Waals surface area contributed by atoms with Gasteiger partial charge in [-0.05, 0) is 61.5 Å². The summed E-state index contributed by atoms with van der Waals surface area (Å²) in [6, 6.07) is 22.7. The molecule has 2 heterocycles. The number of thioether (sulfide) groups is 1. The lowest BCUT2D eigenvalue weighted by Gasteiger charge is -2.11. The van der Waals surface area contributed by atoms with Gasteiger partial charge in [-0.3, -0.25) is 14.2 Å². The molecule has 198 valence electrons. The van der Waals surface area contributed by atoms with Crippen LogP contribution in [-0.2, 0) is 4.79 Å². The standard InChI is InChI=1S/C30H29N5O3S/c1-4-38-23-15-13-22(14-16-23)35-28(25-17-31-26-8-6-5-7-24(25)26)33-34-30(35)39-18-27(36)20-9-11-21(12-10-20)32-29(37)19(2)3/h5-17,19,31H,4,18H2,1-3H3,(H,32,37). The largest absolute Gasteiger partial charge is 0.494 e. The predicted molar refractivity (Wildman–Crippen MR) is 155 cm³/mol. The molecule has 3 aromatic carbocycles. The second-order valence-corrected chi connectivity index (χ2v) is 10.2. The Hall–Kier alpha value is -4.37. The van der Waals surface area contributed by atoms with Gasteiger partial charge in [0.2, 0.25) is 5.91 Å². The fourth-order valence-corrected chi connectivity index (χ4v) is 4.97. The van der Waals surface area contributed by atoms with Crippen LogP contribution in [0.2, 0.25) is 0 Å². The molecule has 0 bridgehead atoms. The van der Waals surface area contributed by atoms with E-state index in [4.69, 9.17) is 4.74 Å². The first-order valence-electron chi connectivity index (χ1n) is 12.8. The molecule has 5 rings (SSSR count). The SMILES string of the molecule is CCOc1ccc(-n2c(SCC(=O)c3ccc(NC(=O)C(C)C)cc3)nnc2-c2c[nH]c3ccccc23)cc1. The topological polar surface area (TPSA) is 102 Å². The number of hydrogen-bond acceptors (Lipinski definition) is 6. The molecule has 0 aliphatic carbocycles. The van der Waals surface area contributed by atoms with Gasteiger partial charge in [0.05, 0.1) is 12.4 Å². The second-order valence-electron chi connectivity index (χ2n) is 9.25. The molecule has 0 unspecified atom stereocenters. The minimum absolute atomic E-state index is 0.0448. The third kappa shape index (κ3) is 5.73. The molecule has 0 atom stereocenters. The van der Waals surface area contributed by atoms with E-state index in [-0.39, 0.29) is 23.4 Å². The number of ether oxygens (including phenoxy) is 1. The Balaban J connectivity index is 1.41. The van der Waals surface area contributed by atoms with Crippen molar-refractivity contribution in [2.75, 3.05) is 17.7 Å². The van der Waals surface area contributed by atoms with Gasteiger partial charge in [-0.1, -0.05) is 43.8 Å². The third-order valence-corrected chi connectivity index (χ3v) is 7.13. The molecule has 0 saturated heterocycles. The van der Waals surface area contributed by atoms with Crippen molar-refractivity contribution in [2.24, 2.45) is 5.92 Å². The number of nitrogens with zero attached hydrogens (tertiary/aromatic N) is 3. The molecule has 39 heavy (non-hydrogen) atoms. The summed E-state index contributed by atoms with van der Waals surface area (Å²) in [7, 11) is 0. The van der Waals surface area contributed by atoms with E-state index < -0.39 is 0 Å². The van der Waals surface area contributed by atoms with Crippen molar-refractivity contribution in [3.8, 4) is 22.8 Å². The first-order chi connectivity index (χ1) is 18.9. The summed E-state index contributed by atoms with van der Waals surface area (Å²) in [6.45, 7) is 6.20. The van der Waals surface area contributed by atoms with Gasteiger partial charge in [0.1, 0.15) is 5.75 Å². The van der Waals surface area contributed by atoms with Crippen molar-refractivity contribution < 1.29 is 14.3 Å². The average Bonchev–Trinajstić information content (AvgIpc) is 3.57. The molecular weight excluding hydrogens is 510 g/mol. The quantitative estimate of drug-likeness (QED) is 0.158. The fourth-order valence-electron chi connectivity index (χ4n) is 4.12. The highest BCUT2D eigenvalue weighted by Crippen LogP contribution is 2.33. The van der Waals surface area contributed by atoms with Crippen molar-refractivity contribution in [3.05, 3.63) is 84.6 Å². The summed E-state index contributed by atoms with van der Waals surface area (Å²) in [5.74, 6) is 1.41. The number of rotatable bonds is 10. The maximum Gasteiger partial charge on any atom is 0.226 e. The Labute approximate surface area is 230 Å². The van der Waals surface area contributed by atoms with Crippen LogP contribution >= 0.6 is 11.8 Å². The van der Waals surface area contributed by atoms with Crippen molar-refractivity contribution in [1.82, 2.24) is 19.7 Å². The maximum atomic E-state index is 13.0. The van der Waals surface area contributed by atoms with E-state index in [1.165, 1.54) is 11.8 Å². The molecular formula is C30H29N5O3S. The van der Waals surface area contributed by atoms with Gasteiger partial charge in [-0.15, -0.1) is 10.2 Å². The van der Waals surface area contributed by atoms with Gasteiger partial charge in [0.15, 0.2) is 16.8 Å². The number of aromatic amines is 1. The molecule has 2 N–H and O–H groups in total. The molecule has 0 aliphatic rings. The highest BCUT2D eigenvalue weighted by molar-refractivity contribution is 7.99. The number of carbonyl (C=O) groups excluding carboxylic acids is 2. The van der Waals surface area contributed by atoms with E-state index in [2.05, 4.69) is 20.5 Å². The fraction of sp³-hybridized carbons (Fsp3) is 0.200. The Morgan fingerprint density at radius 2 is 1.74 bits per heavy atom. The molecule has 8 nitrogen and oxygen atoms in total. The van der Waals surface area contributed by atoms with Crippen molar-refractivity contribution >= 4 is 40.0 Å². The third-order valence-electron chi connectivity index (χ3n) is 6.20.